The molecule has 0 bridgehead atoms. The maximum atomic E-state index is 13.2. The third kappa shape index (κ3) is 8.76. The molecular formula is C26H34N2O6S. The van der Waals surface area contributed by atoms with Crippen LogP contribution in [0.25, 0.3) is 0 Å². The van der Waals surface area contributed by atoms with Crippen LogP contribution in [0.5, 0.6) is 0 Å². The van der Waals surface area contributed by atoms with Gasteiger partial charge in [0.2, 0.25) is 10.0 Å². The zero-order valence-corrected chi connectivity index (χ0v) is 21.3. The van der Waals surface area contributed by atoms with Crippen molar-refractivity contribution >= 4 is 21.9 Å². The zero-order chi connectivity index (χ0) is 25.5. The van der Waals surface area contributed by atoms with Crippen LogP contribution in [0, 0.1) is 0 Å². The summed E-state index contributed by atoms with van der Waals surface area (Å²) >= 11 is 0. The maximum Gasteiger partial charge on any atom is 0.408 e. The second-order valence-electron chi connectivity index (χ2n) is 9.75. The largest absolute Gasteiger partial charge is 0.446 e. The average Bonchev–Trinajstić information content (AvgIpc) is 2.79. The number of nitrogens with one attached hydrogen (secondary N) is 2. The van der Waals surface area contributed by atoms with E-state index in [1.807, 2.05) is 30.3 Å². The number of carbonyl (C=O) groups excluding carboxylic acids is 2. The molecule has 0 saturated carbocycles. The lowest BCUT2D eigenvalue weighted by molar-refractivity contribution is -0.120. The van der Waals surface area contributed by atoms with E-state index < -0.39 is 27.7 Å². The summed E-state index contributed by atoms with van der Waals surface area (Å²) in [6, 6.07) is 14.9. The van der Waals surface area contributed by atoms with Gasteiger partial charge < -0.3 is 14.8 Å². The molecule has 1 fully saturated rings. The number of ketones is 1. The number of ether oxygens (including phenoxy) is 2. The zero-order valence-electron chi connectivity index (χ0n) is 20.5. The van der Waals surface area contributed by atoms with Crippen molar-refractivity contribution in [1.29, 1.82) is 0 Å². The minimum atomic E-state index is -3.67. The van der Waals surface area contributed by atoms with E-state index in [0.717, 1.165) is 5.56 Å². The van der Waals surface area contributed by atoms with Gasteiger partial charge >= 0.3 is 6.09 Å². The molecule has 0 unspecified atom stereocenters. The van der Waals surface area contributed by atoms with E-state index in [0.29, 0.717) is 38.0 Å². The Balaban J connectivity index is 1.69. The molecule has 0 aromatic heterocycles. The van der Waals surface area contributed by atoms with Gasteiger partial charge in [0, 0.05) is 24.8 Å². The highest BCUT2D eigenvalue weighted by Gasteiger charge is 2.26. The molecule has 1 amide bonds. The van der Waals surface area contributed by atoms with Gasteiger partial charge in [0.25, 0.3) is 0 Å². The quantitative estimate of drug-likeness (QED) is 0.544. The van der Waals surface area contributed by atoms with E-state index in [-0.39, 0.29) is 23.2 Å². The average molecular weight is 503 g/mol. The Morgan fingerprint density at radius 2 is 1.63 bits per heavy atom. The second-order valence-corrected chi connectivity index (χ2v) is 11.4. The highest BCUT2D eigenvalue weighted by Crippen LogP contribution is 2.16. The molecule has 190 valence electrons. The molecule has 2 N–H and O–H groups in total. The van der Waals surface area contributed by atoms with Crippen LogP contribution in [-0.2, 0) is 37.1 Å². The van der Waals surface area contributed by atoms with Gasteiger partial charge in [-0.15, -0.1) is 0 Å². The van der Waals surface area contributed by atoms with Gasteiger partial charge in [-0.05, 0) is 50.5 Å². The van der Waals surface area contributed by atoms with E-state index in [1.165, 1.54) is 12.1 Å². The number of carbonyl (C=O) groups is 2. The fourth-order valence-electron chi connectivity index (χ4n) is 3.79. The molecule has 1 heterocycles. The third-order valence-corrected chi connectivity index (χ3v) is 7.23. The molecule has 2 aromatic carbocycles. The highest BCUT2D eigenvalue weighted by molar-refractivity contribution is 7.89. The lowest BCUT2D eigenvalue weighted by Gasteiger charge is -2.24. The number of Topliss-reactive ketones (excluding diaryl/α,β-unsaturated/α-hetero) is 1. The second kappa shape index (κ2) is 11.8. The van der Waals surface area contributed by atoms with Gasteiger partial charge in [-0.1, -0.05) is 42.5 Å². The normalized spacial score (nSPS) is 15.9. The Kier molecular flexibility index (Phi) is 9.04. The Morgan fingerprint density at radius 1 is 1.00 bits per heavy atom. The fraction of sp³-hybridized carbons (Fsp3) is 0.462. The van der Waals surface area contributed by atoms with Crippen molar-refractivity contribution in [2.45, 2.75) is 69.0 Å². The van der Waals surface area contributed by atoms with Crippen molar-refractivity contribution in [3.05, 3.63) is 65.7 Å². The minimum Gasteiger partial charge on any atom is -0.446 e. The summed E-state index contributed by atoms with van der Waals surface area (Å²) in [4.78, 5) is 25.9. The fourth-order valence-corrected chi connectivity index (χ4v) is 5.21. The van der Waals surface area contributed by atoms with E-state index in [9.17, 15) is 18.0 Å². The Labute approximate surface area is 207 Å². The molecule has 0 aliphatic carbocycles. The Bertz CT molecular complexity index is 1090. The number of rotatable bonds is 9. The third-order valence-electron chi connectivity index (χ3n) is 5.46. The number of benzene rings is 2. The standard InChI is InChI=1S/C26H34N2O6S/c1-26(2,3)28-35(31,32)22-11-9-20(10-12-22)18-24(29)23(17-19-7-5-4-6-8-19)27-25(30)34-21-13-15-33-16-14-21/h4-12,21,23,28H,13-18H2,1-3H3,(H,27,30)/t23-/m0/s1. The highest BCUT2D eigenvalue weighted by atomic mass is 32.2. The van der Waals surface area contributed by atoms with Crippen LogP contribution >= 0.6 is 0 Å². The van der Waals surface area contributed by atoms with Crippen molar-refractivity contribution < 1.29 is 27.5 Å². The Morgan fingerprint density at radius 3 is 2.23 bits per heavy atom. The molecule has 0 spiro atoms. The predicted octanol–water partition coefficient (Wildman–Crippen LogP) is 3.39. The minimum absolute atomic E-state index is 0.0437. The van der Waals surface area contributed by atoms with Gasteiger partial charge in [-0.2, -0.15) is 0 Å². The van der Waals surface area contributed by atoms with Gasteiger partial charge in [0.1, 0.15) is 6.10 Å². The van der Waals surface area contributed by atoms with E-state index in [2.05, 4.69) is 10.0 Å². The summed E-state index contributed by atoms with van der Waals surface area (Å²) in [5.74, 6) is -0.193. The summed E-state index contributed by atoms with van der Waals surface area (Å²) in [6.45, 7) is 6.39. The smallest absolute Gasteiger partial charge is 0.408 e. The molecule has 0 radical (unpaired) electrons. The molecule has 8 nitrogen and oxygen atoms in total. The first-order valence-corrected chi connectivity index (χ1v) is 13.2. The first kappa shape index (κ1) is 26.8. The van der Waals surface area contributed by atoms with Crippen LogP contribution in [0.1, 0.15) is 44.7 Å². The molecule has 1 aliphatic heterocycles. The molecule has 1 aliphatic rings. The number of amides is 1. The van der Waals surface area contributed by atoms with Crippen molar-refractivity contribution in [2.24, 2.45) is 0 Å². The van der Waals surface area contributed by atoms with Crippen molar-refractivity contribution in [3.63, 3.8) is 0 Å². The van der Waals surface area contributed by atoms with Gasteiger partial charge in [-0.25, -0.2) is 17.9 Å². The summed E-state index contributed by atoms with van der Waals surface area (Å²) in [6.07, 6.45) is 0.772. The Hall–Kier alpha value is -2.75. The molecule has 9 heteroatoms. The molecule has 35 heavy (non-hydrogen) atoms. The monoisotopic (exact) mass is 502 g/mol. The summed E-state index contributed by atoms with van der Waals surface area (Å²) < 4.78 is 38.5. The number of sulfonamides is 1. The van der Waals surface area contributed by atoms with Crippen LogP contribution in [0.2, 0.25) is 0 Å². The first-order chi connectivity index (χ1) is 16.5. The van der Waals surface area contributed by atoms with E-state index in [1.54, 1.807) is 32.9 Å². The van der Waals surface area contributed by atoms with Crippen molar-refractivity contribution in [2.75, 3.05) is 13.2 Å². The number of hydrogen-bond donors (Lipinski definition) is 2. The van der Waals surface area contributed by atoms with Crippen LogP contribution in [-0.4, -0.2) is 51.2 Å². The summed E-state index contributed by atoms with van der Waals surface area (Å²) in [7, 11) is -3.67. The van der Waals surface area contributed by atoms with Crippen molar-refractivity contribution in [1.82, 2.24) is 10.0 Å². The number of hydrogen-bond acceptors (Lipinski definition) is 6. The molecular weight excluding hydrogens is 468 g/mol. The van der Waals surface area contributed by atoms with Crippen LogP contribution < -0.4 is 10.0 Å². The summed E-state index contributed by atoms with van der Waals surface area (Å²) in [5, 5.41) is 2.74. The SMILES string of the molecule is CC(C)(C)NS(=O)(=O)c1ccc(CC(=O)[C@H](Cc2ccccc2)NC(=O)OC2CCOCC2)cc1. The van der Waals surface area contributed by atoms with Gasteiger partial charge in [-0.3, -0.25) is 4.79 Å². The topological polar surface area (TPSA) is 111 Å². The lowest BCUT2D eigenvalue weighted by Crippen LogP contribution is -2.44. The lowest BCUT2D eigenvalue weighted by atomic mass is 9.98. The van der Waals surface area contributed by atoms with Gasteiger partial charge in [0.15, 0.2) is 5.78 Å². The van der Waals surface area contributed by atoms with Crippen LogP contribution in [0.4, 0.5) is 4.79 Å². The summed E-state index contributed by atoms with van der Waals surface area (Å²) in [5.41, 5.74) is 0.956. The van der Waals surface area contributed by atoms with Crippen LogP contribution in [0.3, 0.4) is 0 Å². The van der Waals surface area contributed by atoms with E-state index >= 15 is 0 Å². The number of alkyl carbamates (subject to hydrolysis) is 1. The maximum absolute atomic E-state index is 13.2. The molecule has 2 aromatic rings. The van der Waals surface area contributed by atoms with Crippen LogP contribution in [0.15, 0.2) is 59.5 Å². The van der Waals surface area contributed by atoms with Crippen molar-refractivity contribution in [3.8, 4) is 0 Å². The predicted molar refractivity (Wildman–Crippen MR) is 133 cm³/mol. The molecule has 1 saturated heterocycles. The van der Waals surface area contributed by atoms with Gasteiger partial charge in [0.05, 0.1) is 24.2 Å². The molecule has 3 rings (SSSR count). The molecule has 1 atom stereocenters. The first-order valence-electron chi connectivity index (χ1n) is 11.8. The van der Waals surface area contributed by atoms with E-state index in [4.69, 9.17) is 9.47 Å².